The summed E-state index contributed by atoms with van der Waals surface area (Å²) in [5.41, 5.74) is 3.04. The zero-order valence-electron chi connectivity index (χ0n) is 17.6. The Morgan fingerprint density at radius 2 is 1.46 bits per heavy atom. The minimum absolute atomic E-state index is 0.404. The Labute approximate surface area is 170 Å². The van der Waals surface area contributed by atoms with Gasteiger partial charge in [-0.25, -0.2) is 0 Å². The van der Waals surface area contributed by atoms with Crippen LogP contribution in [-0.2, 0) is 6.42 Å². The van der Waals surface area contributed by atoms with Gasteiger partial charge in [0.1, 0.15) is 23.5 Å². The van der Waals surface area contributed by atoms with Crippen molar-refractivity contribution < 1.29 is 4.74 Å². The van der Waals surface area contributed by atoms with Crippen molar-refractivity contribution in [3.8, 4) is 17.9 Å². The lowest BCUT2D eigenvalue weighted by Crippen LogP contribution is -2.41. The first-order valence-electron chi connectivity index (χ1n) is 11.2. The van der Waals surface area contributed by atoms with Gasteiger partial charge in [-0.2, -0.15) is 10.5 Å². The van der Waals surface area contributed by atoms with E-state index in [1.807, 2.05) is 19.1 Å². The van der Waals surface area contributed by atoms with Crippen molar-refractivity contribution in [3.63, 3.8) is 0 Å². The molecule has 1 aromatic rings. The van der Waals surface area contributed by atoms with Crippen molar-refractivity contribution in [2.45, 2.75) is 90.9 Å². The van der Waals surface area contributed by atoms with E-state index in [0.29, 0.717) is 34.3 Å². The molecule has 4 rings (SSSR count). The number of aryl methyl sites for hydroxylation is 1. The number of unbranched alkanes of at least 4 members (excludes halogenated alkanes) is 2. The largest absolute Gasteiger partial charge is 0.492 e. The van der Waals surface area contributed by atoms with Gasteiger partial charge < -0.3 is 4.74 Å². The van der Waals surface area contributed by atoms with Crippen LogP contribution >= 0.6 is 0 Å². The highest BCUT2D eigenvalue weighted by Crippen LogP contribution is 2.60. The Morgan fingerprint density at radius 3 is 2.00 bits per heavy atom. The maximum atomic E-state index is 9.67. The second-order valence-corrected chi connectivity index (χ2v) is 9.09. The summed E-state index contributed by atoms with van der Waals surface area (Å²) in [6.45, 7) is 4.69. The van der Waals surface area contributed by atoms with E-state index in [2.05, 4.69) is 19.1 Å². The predicted octanol–water partition coefficient (Wildman–Crippen LogP) is 6.68. The predicted molar refractivity (Wildman–Crippen MR) is 112 cm³/mol. The minimum Gasteiger partial charge on any atom is -0.492 e. The molecule has 3 heteroatoms. The van der Waals surface area contributed by atoms with Gasteiger partial charge in [-0.1, -0.05) is 32.3 Å². The number of ether oxygens (including phenoxy) is 1. The SMILES string of the molecule is CCCCCC12CCC(CCc3ccc(OCC)c(C#N)c3C#N)(CC1)CC2. The molecule has 0 amide bonds. The number of hydrogen-bond acceptors (Lipinski definition) is 3. The fourth-order valence-corrected chi connectivity index (χ4v) is 5.59. The van der Waals surface area contributed by atoms with Crippen molar-refractivity contribution >= 4 is 0 Å². The second-order valence-electron chi connectivity index (χ2n) is 9.09. The number of hydrogen-bond donors (Lipinski definition) is 0. The van der Waals surface area contributed by atoms with E-state index in [4.69, 9.17) is 4.74 Å². The molecule has 0 N–H and O–H groups in total. The smallest absolute Gasteiger partial charge is 0.138 e. The van der Waals surface area contributed by atoms with Gasteiger partial charge in [0.05, 0.1) is 12.2 Å². The molecule has 2 bridgehead atoms. The number of fused-ring (bicyclic) bond motifs is 3. The van der Waals surface area contributed by atoms with E-state index >= 15 is 0 Å². The maximum absolute atomic E-state index is 9.67. The summed E-state index contributed by atoms with van der Waals surface area (Å²) in [6.07, 6.45) is 15.8. The minimum atomic E-state index is 0.404. The molecule has 0 radical (unpaired) electrons. The van der Waals surface area contributed by atoms with Crippen LogP contribution in [0, 0.1) is 33.5 Å². The van der Waals surface area contributed by atoms with Crippen LogP contribution in [0.25, 0.3) is 0 Å². The summed E-state index contributed by atoms with van der Waals surface area (Å²) < 4.78 is 5.54. The van der Waals surface area contributed by atoms with E-state index in [0.717, 1.165) is 18.4 Å². The number of benzene rings is 1. The molecule has 0 aromatic heterocycles. The highest BCUT2D eigenvalue weighted by atomic mass is 16.5. The van der Waals surface area contributed by atoms with Gasteiger partial charge in [0, 0.05) is 0 Å². The highest BCUT2D eigenvalue weighted by Gasteiger charge is 2.47. The van der Waals surface area contributed by atoms with E-state index in [1.54, 1.807) is 0 Å². The summed E-state index contributed by atoms with van der Waals surface area (Å²) >= 11 is 0. The Hall–Kier alpha value is -2.00. The fourth-order valence-electron chi connectivity index (χ4n) is 5.59. The average molecular weight is 379 g/mol. The molecular formula is C25H34N2O. The molecule has 3 aliphatic carbocycles. The quantitative estimate of drug-likeness (QED) is 0.450. The lowest BCUT2D eigenvalue weighted by atomic mass is 9.51. The zero-order valence-corrected chi connectivity index (χ0v) is 17.6. The van der Waals surface area contributed by atoms with Crippen molar-refractivity contribution in [2.75, 3.05) is 6.61 Å². The van der Waals surface area contributed by atoms with Gasteiger partial charge in [-0.3, -0.25) is 0 Å². The Balaban J connectivity index is 1.66. The van der Waals surface area contributed by atoms with E-state index in [1.165, 1.54) is 64.2 Å². The van der Waals surface area contributed by atoms with Gasteiger partial charge >= 0.3 is 0 Å². The molecule has 3 fully saturated rings. The van der Waals surface area contributed by atoms with Crippen LogP contribution in [0.3, 0.4) is 0 Å². The molecule has 3 aliphatic rings. The van der Waals surface area contributed by atoms with Gasteiger partial charge in [-0.15, -0.1) is 0 Å². The molecule has 3 nitrogen and oxygen atoms in total. The van der Waals surface area contributed by atoms with Crippen molar-refractivity contribution in [3.05, 3.63) is 28.8 Å². The van der Waals surface area contributed by atoms with Gasteiger partial charge in [-0.05, 0) is 87.2 Å². The topological polar surface area (TPSA) is 56.8 Å². The first-order chi connectivity index (χ1) is 13.6. The van der Waals surface area contributed by atoms with E-state index < -0.39 is 0 Å². The van der Waals surface area contributed by atoms with Gasteiger partial charge in [0.15, 0.2) is 0 Å². The third-order valence-electron chi connectivity index (χ3n) is 7.57. The van der Waals surface area contributed by atoms with Crippen LogP contribution in [0.1, 0.15) is 101 Å². The third kappa shape index (κ3) is 4.20. The molecular weight excluding hydrogens is 344 g/mol. The van der Waals surface area contributed by atoms with Crippen molar-refractivity contribution in [2.24, 2.45) is 10.8 Å². The molecule has 0 spiro atoms. The number of nitriles is 2. The first kappa shape index (κ1) is 20.7. The van der Waals surface area contributed by atoms with Crippen LogP contribution in [0.5, 0.6) is 5.75 Å². The Morgan fingerprint density at radius 1 is 0.857 bits per heavy atom. The standard InChI is InChI=1S/C25H34N2O/c1-3-5-6-10-24-12-15-25(16-13-24,17-14-24)11-9-20-7-8-23(28-4-2)22(19-27)21(20)18-26/h7-8H,3-6,9-17H2,1-2H3. The number of nitrogens with zero attached hydrogens (tertiary/aromatic N) is 2. The van der Waals surface area contributed by atoms with Gasteiger partial charge in [0.25, 0.3) is 0 Å². The fraction of sp³-hybridized carbons (Fsp3) is 0.680. The van der Waals surface area contributed by atoms with Crippen LogP contribution in [0.4, 0.5) is 0 Å². The molecule has 0 saturated heterocycles. The Bertz CT molecular complexity index is 743. The highest BCUT2D eigenvalue weighted by molar-refractivity contribution is 5.57. The maximum Gasteiger partial charge on any atom is 0.138 e. The average Bonchev–Trinajstić information content (AvgIpc) is 2.74. The molecule has 3 saturated carbocycles. The molecule has 0 heterocycles. The summed E-state index contributed by atoms with van der Waals surface area (Å²) in [4.78, 5) is 0. The van der Waals surface area contributed by atoms with E-state index in [-0.39, 0.29) is 0 Å². The second kappa shape index (κ2) is 9.00. The molecule has 0 atom stereocenters. The molecule has 150 valence electrons. The van der Waals surface area contributed by atoms with Crippen molar-refractivity contribution in [1.29, 1.82) is 10.5 Å². The first-order valence-corrected chi connectivity index (χ1v) is 11.2. The van der Waals surface area contributed by atoms with Crippen LogP contribution in [0.2, 0.25) is 0 Å². The van der Waals surface area contributed by atoms with Crippen LogP contribution < -0.4 is 4.74 Å². The normalized spacial score (nSPS) is 25.9. The lowest BCUT2D eigenvalue weighted by Gasteiger charge is -2.54. The molecule has 1 aromatic carbocycles. The van der Waals surface area contributed by atoms with Gasteiger partial charge in [0.2, 0.25) is 0 Å². The Kier molecular flexibility index (Phi) is 6.66. The summed E-state index contributed by atoms with van der Waals surface area (Å²) in [6, 6.07) is 8.34. The van der Waals surface area contributed by atoms with Crippen LogP contribution in [0.15, 0.2) is 12.1 Å². The zero-order chi connectivity index (χ0) is 20.0. The summed E-state index contributed by atoms with van der Waals surface area (Å²) in [5, 5.41) is 19.2. The molecule has 28 heavy (non-hydrogen) atoms. The molecule has 0 unspecified atom stereocenters. The third-order valence-corrected chi connectivity index (χ3v) is 7.57. The summed E-state index contributed by atoms with van der Waals surface area (Å²) in [7, 11) is 0. The van der Waals surface area contributed by atoms with Crippen molar-refractivity contribution in [1.82, 2.24) is 0 Å². The number of rotatable bonds is 9. The van der Waals surface area contributed by atoms with Crippen LogP contribution in [-0.4, -0.2) is 6.61 Å². The lowest BCUT2D eigenvalue weighted by molar-refractivity contribution is -0.0204. The van der Waals surface area contributed by atoms with E-state index in [9.17, 15) is 10.5 Å². The monoisotopic (exact) mass is 378 g/mol. The summed E-state index contributed by atoms with van der Waals surface area (Å²) in [5.74, 6) is 0.538. The molecule has 0 aliphatic heterocycles.